The highest BCUT2D eigenvalue weighted by molar-refractivity contribution is 14.0. The summed E-state index contributed by atoms with van der Waals surface area (Å²) in [6.07, 6.45) is 4.66. The summed E-state index contributed by atoms with van der Waals surface area (Å²) in [7, 11) is 1.85. The highest BCUT2D eigenvalue weighted by Crippen LogP contribution is 2.17. The maximum atomic E-state index is 4.48. The average Bonchev–Trinajstić information content (AvgIpc) is 2.86. The summed E-state index contributed by atoms with van der Waals surface area (Å²) in [5.74, 6) is 0.929. The van der Waals surface area contributed by atoms with Gasteiger partial charge in [0.25, 0.3) is 0 Å². The number of nitrogens with zero attached hydrogens (tertiary/aromatic N) is 3. The molecule has 5 nitrogen and oxygen atoms in total. The summed E-state index contributed by atoms with van der Waals surface area (Å²) in [6.45, 7) is 10.9. The molecule has 1 aromatic rings. The third kappa shape index (κ3) is 6.84. The van der Waals surface area contributed by atoms with Crippen LogP contribution in [0.1, 0.15) is 41.8 Å². The molecule has 1 aliphatic rings. The fourth-order valence-electron chi connectivity index (χ4n) is 3.10. The molecule has 0 aliphatic carbocycles. The first kappa shape index (κ1) is 21.6. The lowest BCUT2D eigenvalue weighted by Crippen LogP contribution is -2.49. The molecule has 0 unspecified atom stereocenters. The minimum absolute atomic E-state index is 0. The SMILES string of the molecule is CCCN1CCC(NC(=NC)NCCc2sc(C)nc2C)CC1.I. The van der Waals surface area contributed by atoms with Crippen LogP contribution in [-0.4, -0.2) is 55.1 Å². The zero-order chi connectivity index (χ0) is 16.7. The average molecular weight is 465 g/mol. The van der Waals surface area contributed by atoms with Gasteiger partial charge in [0.1, 0.15) is 0 Å². The molecule has 2 N–H and O–H groups in total. The highest BCUT2D eigenvalue weighted by Gasteiger charge is 2.19. The molecule has 0 bridgehead atoms. The molecule has 0 spiro atoms. The first-order chi connectivity index (χ1) is 11.1. The maximum Gasteiger partial charge on any atom is 0.191 e. The Morgan fingerprint density at radius 1 is 1.33 bits per heavy atom. The van der Waals surface area contributed by atoms with Gasteiger partial charge in [-0.2, -0.15) is 0 Å². The number of aromatic nitrogens is 1. The van der Waals surface area contributed by atoms with Crippen molar-refractivity contribution in [1.29, 1.82) is 0 Å². The normalized spacial score (nSPS) is 16.8. The van der Waals surface area contributed by atoms with E-state index in [4.69, 9.17) is 0 Å². The molecule has 24 heavy (non-hydrogen) atoms. The van der Waals surface area contributed by atoms with Crippen molar-refractivity contribution in [1.82, 2.24) is 20.5 Å². The first-order valence-electron chi connectivity index (χ1n) is 8.74. The van der Waals surface area contributed by atoms with Crippen molar-refractivity contribution in [3.05, 3.63) is 15.6 Å². The van der Waals surface area contributed by atoms with Crippen molar-refractivity contribution in [3.8, 4) is 0 Å². The van der Waals surface area contributed by atoms with E-state index in [1.54, 1.807) is 11.3 Å². The number of aryl methyl sites for hydroxylation is 2. The summed E-state index contributed by atoms with van der Waals surface area (Å²) >= 11 is 1.80. The van der Waals surface area contributed by atoms with Crippen molar-refractivity contribution in [2.24, 2.45) is 4.99 Å². The summed E-state index contributed by atoms with van der Waals surface area (Å²) in [6, 6.07) is 0.543. The van der Waals surface area contributed by atoms with Crippen molar-refractivity contribution in [2.75, 3.05) is 33.2 Å². The van der Waals surface area contributed by atoms with Crippen LogP contribution in [0.3, 0.4) is 0 Å². The Bertz CT molecular complexity index is 509. The van der Waals surface area contributed by atoms with Gasteiger partial charge >= 0.3 is 0 Å². The van der Waals surface area contributed by atoms with Gasteiger partial charge in [-0.1, -0.05) is 6.92 Å². The Labute approximate surface area is 167 Å². The van der Waals surface area contributed by atoms with Crippen LogP contribution in [0.2, 0.25) is 0 Å². The molecule has 1 aromatic heterocycles. The minimum atomic E-state index is 0. The third-order valence-corrected chi connectivity index (χ3v) is 5.47. The van der Waals surface area contributed by atoms with Crippen molar-refractivity contribution in [2.45, 2.75) is 52.5 Å². The van der Waals surface area contributed by atoms with E-state index in [0.29, 0.717) is 6.04 Å². The molecular formula is C17H32IN5S. The number of hydrogen-bond donors (Lipinski definition) is 2. The maximum absolute atomic E-state index is 4.48. The number of likely N-dealkylation sites (tertiary alicyclic amines) is 1. The summed E-state index contributed by atoms with van der Waals surface area (Å²) in [4.78, 5) is 12.8. The van der Waals surface area contributed by atoms with Crippen LogP contribution in [0.4, 0.5) is 0 Å². The first-order valence-corrected chi connectivity index (χ1v) is 9.56. The van der Waals surface area contributed by atoms with E-state index in [-0.39, 0.29) is 24.0 Å². The fourth-order valence-corrected chi connectivity index (χ4v) is 4.04. The van der Waals surface area contributed by atoms with Crippen LogP contribution in [-0.2, 0) is 6.42 Å². The van der Waals surface area contributed by atoms with Gasteiger partial charge in [0.15, 0.2) is 5.96 Å². The van der Waals surface area contributed by atoms with Gasteiger partial charge < -0.3 is 15.5 Å². The van der Waals surface area contributed by atoms with E-state index in [1.807, 2.05) is 7.05 Å². The second kappa shape index (κ2) is 11.3. The van der Waals surface area contributed by atoms with Gasteiger partial charge in [0.2, 0.25) is 0 Å². The number of hydrogen-bond acceptors (Lipinski definition) is 4. The second-order valence-electron chi connectivity index (χ2n) is 6.25. The van der Waals surface area contributed by atoms with Crippen LogP contribution < -0.4 is 10.6 Å². The zero-order valence-corrected chi connectivity index (χ0v) is 18.5. The summed E-state index contributed by atoms with van der Waals surface area (Å²) in [5, 5.41) is 8.17. The number of piperidine rings is 1. The number of guanidine groups is 1. The molecule has 2 heterocycles. The van der Waals surface area contributed by atoms with Gasteiger partial charge in [-0.15, -0.1) is 35.3 Å². The topological polar surface area (TPSA) is 52.5 Å². The molecular weight excluding hydrogens is 433 g/mol. The van der Waals surface area contributed by atoms with Gasteiger partial charge in [0, 0.05) is 44.0 Å². The van der Waals surface area contributed by atoms with Gasteiger partial charge in [-0.05, 0) is 39.7 Å². The highest BCUT2D eigenvalue weighted by atomic mass is 127. The molecule has 0 amide bonds. The number of nitrogens with one attached hydrogen (secondary N) is 2. The van der Waals surface area contributed by atoms with Crippen LogP contribution in [0.25, 0.3) is 0 Å². The van der Waals surface area contributed by atoms with Crippen LogP contribution in [0.5, 0.6) is 0 Å². The van der Waals surface area contributed by atoms with E-state index in [9.17, 15) is 0 Å². The van der Waals surface area contributed by atoms with Crippen LogP contribution in [0, 0.1) is 13.8 Å². The minimum Gasteiger partial charge on any atom is -0.356 e. The number of aliphatic imine (C=N–C) groups is 1. The molecule has 0 radical (unpaired) electrons. The van der Waals surface area contributed by atoms with Gasteiger partial charge in [-0.25, -0.2) is 4.98 Å². The number of rotatable bonds is 6. The van der Waals surface area contributed by atoms with Gasteiger partial charge in [-0.3, -0.25) is 4.99 Å². The Morgan fingerprint density at radius 2 is 2.04 bits per heavy atom. The molecule has 7 heteroatoms. The van der Waals surface area contributed by atoms with Crippen molar-refractivity contribution < 1.29 is 0 Å². The van der Waals surface area contributed by atoms with Crippen LogP contribution >= 0.6 is 35.3 Å². The zero-order valence-electron chi connectivity index (χ0n) is 15.4. The lowest BCUT2D eigenvalue weighted by molar-refractivity contribution is 0.206. The van der Waals surface area contributed by atoms with Gasteiger partial charge in [0.05, 0.1) is 10.7 Å². The lowest BCUT2D eigenvalue weighted by atomic mass is 10.1. The molecule has 1 fully saturated rings. The molecule has 1 aliphatic heterocycles. The quantitative estimate of drug-likeness (QED) is 0.386. The van der Waals surface area contributed by atoms with E-state index in [1.165, 1.54) is 49.5 Å². The second-order valence-corrected chi connectivity index (χ2v) is 7.54. The lowest BCUT2D eigenvalue weighted by Gasteiger charge is -2.32. The predicted octanol–water partition coefficient (Wildman–Crippen LogP) is 2.96. The van der Waals surface area contributed by atoms with Crippen molar-refractivity contribution in [3.63, 3.8) is 0 Å². The Hall–Kier alpha value is -0.410. The molecule has 138 valence electrons. The molecule has 0 aromatic carbocycles. The van der Waals surface area contributed by atoms with E-state index < -0.39 is 0 Å². The molecule has 2 rings (SSSR count). The third-order valence-electron chi connectivity index (χ3n) is 4.34. The standard InChI is InChI=1S/C17H31N5S.HI/c1-5-10-22-11-7-15(8-12-22)21-17(18-4)19-9-6-16-13(2)20-14(3)23-16;/h15H,5-12H2,1-4H3,(H2,18,19,21);1H. The van der Waals surface area contributed by atoms with Crippen molar-refractivity contribution >= 4 is 41.3 Å². The fraction of sp³-hybridized carbons (Fsp3) is 0.765. The summed E-state index contributed by atoms with van der Waals surface area (Å²) in [5.41, 5.74) is 1.17. The molecule has 0 atom stereocenters. The van der Waals surface area contributed by atoms with Crippen LogP contribution in [0.15, 0.2) is 4.99 Å². The Morgan fingerprint density at radius 3 is 2.58 bits per heavy atom. The monoisotopic (exact) mass is 465 g/mol. The smallest absolute Gasteiger partial charge is 0.191 e. The predicted molar refractivity (Wildman–Crippen MR) is 115 cm³/mol. The van der Waals surface area contributed by atoms with E-state index in [0.717, 1.165) is 23.9 Å². The Kier molecular flexibility index (Phi) is 10.1. The summed E-state index contributed by atoms with van der Waals surface area (Å²) < 4.78 is 0. The van der Waals surface area contributed by atoms with E-state index >= 15 is 0 Å². The molecule has 0 saturated carbocycles. The number of halogens is 1. The number of thiazole rings is 1. The van der Waals surface area contributed by atoms with E-state index in [2.05, 4.69) is 46.3 Å². The Balaban J connectivity index is 0.00000288. The largest absolute Gasteiger partial charge is 0.356 e. The molecule has 1 saturated heterocycles.